The van der Waals surface area contributed by atoms with Crippen LogP contribution in [0.3, 0.4) is 0 Å². The molecule has 1 aromatic heterocycles. The van der Waals surface area contributed by atoms with Crippen molar-refractivity contribution < 1.29 is 13.2 Å². The van der Waals surface area contributed by atoms with Crippen molar-refractivity contribution in [2.45, 2.75) is 43.2 Å². The number of anilines is 4. The largest absolute Gasteiger partial charge is 0.416 e. The first-order chi connectivity index (χ1) is 16.1. The number of nitrogens with two attached hydrogens (primary N) is 4. The van der Waals surface area contributed by atoms with Crippen LogP contribution in [0.1, 0.15) is 18.4 Å². The van der Waals surface area contributed by atoms with Crippen LogP contribution in [0, 0.1) is 0 Å². The fourth-order valence-electron chi connectivity index (χ4n) is 4.25. The predicted molar refractivity (Wildman–Crippen MR) is 124 cm³/mol. The van der Waals surface area contributed by atoms with E-state index < -0.39 is 11.7 Å². The molecule has 0 radical (unpaired) electrons. The van der Waals surface area contributed by atoms with Gasteiger partial charge in [-0.25, -0.2) is 0 Å². The number of nitrogens with one attached hydrogen (secondary N) is 2. The minimum atomic E-state index is -4.41. The van der Waals surface area contributed by atoms with Gasteiger partial charge in [0.1, 0.15) is 0 Å². The van der Waals surface area contributed by atoms with Crippen LogP contribution in [-0.2, 0) is 6.18 Å². The van der Waals surface area contributed by atoms with Crippen molar-refractivity contribution in [1.29, 1.82) is 0 Å². The first-order valence-corrected chi connectivity index (χ1v) is 11.0. The Hall–Kier alpha value is -2.94. The number of hydrogen-bond donors (Lipinski definition) is 6. The summed E-state index contributed by atoms with van der Waals surface area (Å²) in [5.41, 5.74) is 29.9. The molecule has 0 aliphatic carbocycles. The summed E-state index contributed by atoms with van der Waals surface area (Å²) in [5, 5.41) is 0. The van der Waals surface area contributed by atoms with Crippen molar-refractivity contribution in [3.05, 3.63) is 29.8 Å². The van der Waals surface area contributed by atoms with Gasteiger partial charge in [-0.15, -0.1) is 0 Å². The zero-order valence-corrected chi connectivity index (χ0v) is 18.5. The van der Waals surface area contributed by atoms with E-state index in [1.807, 2.05) is 9.80 Å². The van der Waals surface area contributed by atoms with Gasteiger partial charge in [-0.1, -0.05) is 0 Å². The number of hydrogen-bond acceptors (Lipinski definition) is 11. The van der Waals surface area contributed by atoms with Gasteiger partial charge in [0.2, 0.25) is 17.8 Å². The van der Waals surface area contributed by atoms with Gasteiger partial charge in [-0.2, -0.15) is 28.1 Å². The van der Waals surface area contributed by atoms with E-state index in [4.69, 9.17) is 22.9 Å². The van der Waals surface area contributed by atoms with E-state index in [2.05, 4.69) is 25.8 Å². The molecule has 34 heavy (non-hydrogen) atoms. The molecule has 2 saturated heterocycles. The second-order valence-corrected chi connectivity index (χ2v) is 8.91. The molecule has 2 aliphatic heterocycles. The minimum absolute atomic E-state index is 0.123. The van der Waals surface area contributed by atoms with Gasteiger partial charge >= 0.3 is 6.18 Å². The molecule has 4 rings (SSSR count). The highest BCUT2D eigenvalue weighted by Crippen LogP contribution is 2.30. The minimum Gasteiger partial charge on any atom is -0.338 e. The van der Waals surface area contributed by atoms with Crippen LogP contribution in [0.5, 0.6) is 0 Å². The highest BCUT2D eigenvalue weighted by Gasteiger charge is 2.30. The lowest BCUT2D eigenvalue weighted by Crippen LogP contribution is -2.54. The number of nitrogens with zero attached hydrogens (tertiary/aromatic N) is 5. The first-order valence-electron chi connectivity index (χ1n) is 11.0. The molecule has 2 aliphatic rings. The Morgan fingerprint density at radius 2 is 1.15 bits per heavy atom. The standard InChI is InChI=1S/C20H30F3N11/c21-20(22,23)11-1-3-16(4-2-11)31-32-17-28-18(33-7-12(24)5-13(25)8-33)30-19(29-17)34-9-14(26)6-15(27)10-34/h1-4,12-15,31H,5-10,24-27H2,(H,28,29,30,32). The molecule has 2 fully saturated rings. The molecular weight excluding hydrogens is 451 g/mol. The molecule has 11 nitrogen and oxygen atoms in total. The second kappa shape index (κ2) is 9.74. The monoisotopic (exact) mass is 481 g/mol. The van der Waals surface area contributed by atoms with Crippen LogP contribution in [-0.4, -0.2) is 65.3 Å². The molecule has 186 valence electrons. The topological polar surface area (TPSA) is 173 Å². The van der Waals surface area contributed by atoms with Gasteiger partial charge < -0.3 is 32.7 Å². The summed E-state index contributed by atoms with van der Waals surface area (Å²) in [6.45, 7) is 2.12. The maximum Gasteiger partial charge on any atom is 0.416 e. The van der Waals surface area contributed by atoms with E-state index >= 15 is 0 Å². The van der Waals surface area contributed by atoms with Crippen LogP contribution in [0.25, 0.3) is 0 Å². The summed E-state index contributed by atoms with van der Waals surface area (Å²) < 4.78 is 38.4. The Labute approximate surface area is 195 Å². The number of piperidine rings is 2. The van der Waals surface area contributed by atoms with E-state index in [0.717, 1.165) is 12.1 Å². The molecule has 10 N–H and O–H groups in total. The molecule has 3 heterocycles. The van der Waals surface area contributed by atoms with Gasteiger partial charge in [0.25, 0.3) is 0 Å². The van der Waals surface area contributed by atoms with Crippen LogP contribution in [0.2, 0.25) is 0 Å². The molecule has 14 heteroatoms. The molecule has 0 spiro atoms. The summed E-state index contributed by atoms with van der Waals surface area (Å²) in [7, 11) is 0. The highest BCUT2D eigenvalue weighted by molar-refractivity contribution is 5.52. The van der Waals surface area contributed by atoms with Crippen molar-refractivity contribution in [2.24, 2.45) is 22.9 Å². The summed E-state index contributed by atoms with van der Waals surface area (Å²) in [6.07, 6.45) is -3.01. The number of hydrazine groups is 1. The van der Waals surface area contributed by atoms with E-state index in [1.54, 1.807) is 0 Å². The average Bonchev–Trinajstić information content (AvgIpc) is 2.76. The Bertz CT molecular complexity index is 907. The maximum atomic E-state index is 12.8. The van der Waals surface area contributed by atoms with Crippen molar-refractivity contribution in [3.8, 4) is 0 Å². The molecule has 0 amide bonds. The van der Waals surface area contributed by atoms with Gasteiger partial charge in [-0.3, -0.25) is 10.9 Å². The maximum absolute atomic E-state index is 12.8. The third-order valence-electron chi connectivity index (χ3n) is 5.74. The Morgan fingerprint density at radius 3 is 1.56 bits per heavy atom. The fourth-order valence-corrected chi connectivity index (χ4v) is 4.25. The molecule has 2 aromatic rings. The van der Waals surface area contributed by atoms with Gasteiger partial charge in [0.15, 0.2) is 0 Å². The van der Waals surface area contributed by atoms with Crippen LogP contribution in [0.15, 0.2) is 24.3 Å². The number of benzene rings is 1. The third kappa shape index (κ3) is 5.94. The molecule has 4 unspecified atom stereocenters. The van der Waals surface area contributed by atoms with E-state index in [-0.39, 0.29) is 30.1 Å². The van der Waals surface area contributed by atoms with E-state index in [9.17, 15) is 13.2 Å². The number of rotatable bonds is 5. The summed E-state index contributed by atoms with van der Waals surface area (Å²) in [6, 6.07) is 4.10. The molecular formula is C20H30F3N11. The Morgan fingerprint density at radius 1 is 0.706 bits per heavy atom. The van der Waals surface area contributed by atoms with Gasteiger partial charge in [-0.05, 0) is 37.1 Å². The van der Waals surface area contributed by atoms with Crippen LogP contribution < -0.4 is 43.6 Å². The van der Waals surface area contributed by atoms with Crippen molar-refractivity contribution in [3.63, 3.8) is 0 Å². The zero-order chi connectivity index (χ0) is 24.5. The summed E-state index contributed by atoms with van der Waals surface area (Å²) in [5.74, 6) is 0.959. The lowest BCUT2D eigenvalue weighted by atomic mass is 10.0. The van der Waals surface area contributed by atoms with Crippen LogP contribution in [0.4, 0.5) is 36.7 Å². The molecule has 1 aromatic carbocycles. The third-order valence-corrected chi connectivity index (χ3v) is 5.74. The van der Waals surface area contributed by atoms with Crippen molar-refractivity contribution >= 4 is 23.5 Å². The Balaban J connectivity index is 1.57. The predicted octanol–water partition coefficient (Wildman–Crippen LogP) is 0.0588. The van der Waals surface area contributed by atoms with Crippen molar-refractivity contribution in [2.75, 3.05) is 46.8 Å². The second-order valence-electron chi connectivity index (χ2n) is 8.91. The SMILES string of the molecule is NC1CC(N)CN(c2nc(NNc3ccc(C(F)(F)F)cc3)nc(N3CC(N)CC(N)C3)n2)C1. The van der Waals surface area contributed by atoms with Gasteiger partial charge in [0, 0.05) is 50.3 Å². The number of aromatic nitrogens is 3. The van der Waals surface area contributed by atoms with Crippen molar-refractivity contribution in [1.82, 2.24) is 15.0 Å². The summed E-state index contributed by atoms with van der Waals surface area (Å²) >= 11 is 0. The Kier molecular flexibility index (Phi) is 6.93. The smallest absolute Gasteiger partial charge is 0.338 e. The van der Waals surface area contributed by atoms with Crippen LogP contribution >= 0.6 is 0 Å². The quantitative estimate of drug-likeness (QED) is 0.319. The lowest BCUT2D eigenvalue weighted by molar-refractivity contribution is -0.137. The molecule has 0 bridgehead atoms. The highest BCUT2D eigenvalue weighted by atomic mass is 19.4. The fraction of sp³-hybridized carbons (Fsp3) is 0.550. The normalized spacial score (nSPS) is 25.9. The average molecular weight is 482 g/mol. The summed E-state index contributed by atoms with van der Waals surface area (Å²) in [4.78, 5) is 17.4. The molecule has 4 atom stereocenters. The molecule has 0 saturated carbocycles. The van der Waals surface area contributed by atoms with E-state index in [0.29, 0.717) is 56.6 Å². The number of alkyl halides is 3. The zero-order valence-electron chi connectivity index (χ0n) is 18.5. The van der Waals surface area contributed by atoms with E-state index in [1.165, 1.54) is 12.1 Å². The lowest BCUT2D eigenvalue weighted by Gasteiger charge is -2.37. The number of halogens is 3. The van der Waals surface area contributed by atoms with Gasteiger partial charge in [0.05, 0.1) is 11.3 Å². The first kappa shape index (κ1) is 24.2.